The van der Waals surface area contributed by atoms with Crippen LogP contribution in [0.1, 0.15) is 35.8 Å². The number of aromatic amines is 1. The van der Waals surface area contributed by atoms with E-state index in [1.54, 1.807) is 6.07 Å². The van der Waals surface area contributed by atoms with Gasteiger partial charge in [0, 0.05) is 16.7 Å². The molecule has 1 aliphatic rings. The lowest BCUT2D eigenvalue weighted by Crippen LogP contribution is -2.31. The Hall–Kier alpha value is -1.10. The molecule has 1 aromatic heterocycles. The molecule has 0 spiro atoms. The van der Waals surface area contributed by atoms with Gasteiger partial charge < -0.3 is 10.3 Å². The highest BCUT2D eigenvalue weighted by Crippen LogP contribution is 2.27. The number of aromatic nitrogens is 1. The Morgan fingerprint density at radius 1 is 1.59 bits per heavy atom. The summed E-state index contributed by atoms with van der Waals surface area (Å²) < 4.78 is 0.774. The number of carbonyl (C=O) groups excluding carboxylic acids is 1. The molecule has 1 saturated carbocycles. The van der Waals surface area contributed by atoms with Gasteiger partial charge in [0.15, 0.2) is 0 Å². The number of H-pyrrole nitrogens is 1. The Morgan fingerprint density at radius 3 is 2.88 bits per heavy atom. The third-order valence-electron chi connectivity index (χ3n) is 2.91. The molecule has 5 heteroatoms. The SMILES string of the molecule is CCc1[nH]c(=O)c(C(=O)NCC2CC2)cc1Br. The predicted molar refractivity (Wildman–Crippen MR) is 69.2 cm³/mol. The maximum Gasteiger partial charge on any atom is 0.261 e. The minimum atomic E-state index is -0.321. The molecule has 0 bridgehead atoms. The summed E-state index contributed by atoms with van der Waals surface area (Å²) in [6.45, 7) is 2.62. The summed E-state index contributed by atoms with van der Waals surface area (Å²) in [5.41, 5.74) is 0.668. The second-order valence-corrected chi connectivity index (χ2v) is 5.20. The number of aryl methyl sites for hydroxylation is 1. The predicted octanol–water partition coefficient (Wildman–Crippen LogP) is 1.84. The fraction of sp³-hybridized carbons (Fsp3) is 0.500. The van der Waals surface area contributed by atoms with E-state index in [9.17, 15) is 9.59 Å². The molecule has 1 aromatic rings. The lowest BCUT2D eigenvalue weighted by Gasteiger charge is -2.06. The van der Waals surface area contributed by atoms with Crippen molar-refractivity contribution in [1.29, 1.82) is 0 Å². The Balaban J connectivity index is 2.16. The van der Waals surface area contributed by atoms with Gasteiger partial charge in [0.1, 0.15) is 5.56 Å². The minimum Gasteiger partial charge on any atom is -0.352 e. The van der Waals surface area contributed by atoms with Gasteiger partial charge in [-0.3, -0.25) is 9.59 Å². The molecule has 0 saturated heterocycles. The van der Waals surface area contributed by atoms with E-state index in [0.29, 0.717) is 12.5 Å². The van der Waals surface area contributed by atoms with E-state index in [2.05, 4.69) is 26.2 Å². The maximum absolute atomic E-state index is 11.8. The standard InChI is InChI=1S/C12H15BrN2O2/c1-2-10-9(13)5-8(12(17)15-10)11(16)14-6-7-3-4-7/h5,7H,2-4,6H2,1H3,(H,14,16)(H,15,17). The van der Waals surface area contributed by atoms with Crippen molar-refractivity contribution < 1.29 is 4.79 Å². The van der Waals surface area contributed by atoms with Gasteiger partial charge in [-0.1, -0.05) is 6.92 Å². The number of pyridine rings is 1. The molecule has 1 aliphatic carbocycles. The van der Waals surface area contributed by atoms with Crippen LogP contribution in [0.3, 0.4) is 0 Å². The first kappa shape index (κ1) is 12.4. The smallest absolute Gasteiger partial charge is 0.261 e. The number of carbonyl (C=O) groups is 1. The second-order valence-electron chi connectivity index (χ2n) is 4.35. The van der Waals surface area contributed by atoms with Gasteiger partial charge in [-0.2, -0.15) is 0 Å². The summed E-state index contributed by atoms with van der Waals surface area (Å²) in [5.74, 6) is 0.317. The molecule has 0 radical (unpaired) electrons. The third-order valence-corrected chi connectivity index (χ3v) is 3.62. The van der Waals surface area contributed by atoms with Crippen molar-refractivity contribution in [2.45, 2.75) is 26.2 Å². The fourth-order valence-electron chi connectivity index (χ4n) is 1.62. The van der Waals surface area contributed by atoms with Crippen molar-refractivity contribution in [2.75, 3.05) is 6.54 Å². The number of rotatable bonds is 4. The van der Waals surface area contributed by atoms with Crippen molar-refractivity contribution in [3.8, 4) is 0 Å². The van der Waals surface area contributed by atoms with E-state index in [1.807, 2.05) is 6.92 Å². The summed E-state index contributed by atoms with van der Waals surface area (Å²) >= 11 is 3.35. The van der Waals surface area contributed by atoms with Crippen LogP contribution in [0.5, 0.6) is 0 Å². The van der Waals surface area contributed by atoms with E-state index in [-0.39, 0.29) is 17.0 Å². The van der Waals surface area contributed by atoms with Crippen LogP contribution in [0.2, 0.25) is 0 Å². The van der Waals surface area contributed by atoms with E-state index in [0.717, 1.165) is 16.6 Å². The average Bonchev–Trinajstić information content (AvgIpc) is 3.12. The monoisotopic (exact) mass is 298 g/mol. The van der Waals surface area contributed by atoms with Crippen LogP contribution in [0.25, 0.3) is 0 Å². The summed E-state index contributed by atoms with van der Waals surface area (Å²) in [7, 11) is 0. The van der Waals surface area contributed by atoms with Gasteiger partial charge in [0.25, 0.3) is 11.5 Å². The number of halogens is 1. The van der Waals surface area contributed by atoms with E-state index in [4.69, 9.17) is 0 Å². The zero-order chi connectivity index (χ0) is 12.4. The maximum atomic E-state index is 11.8. The molecular weight excluding hydrogens is 284 g/mol. The molecule has 0 atom stereocenters. The van der Waals surface area contributed by atoms with Crippen LogP contribution in [-0.2, 0) is 6.42 Å². The van der Waals surface area contributed by atoms with Crippen LogP contribution < -0.4 is 10.9 Å². The van der Waals surface area contributed by atoms with Crippen LogP contribution in [0.4, 0.5) is 0 Å². The highest BCUT2D eigenvalue weighted by molar-refractivity contribution is 9.10. The highest BCUT2D eigenvalue weighted by Gasteiger charge is 2.22. The number of amides is 1. The largest absolute Gasteiger partial charge is 0.352 e. The zero-order valence-electron chi connectivity index (χ0n) is 9.68. The summed E-state index contributed by atoms with van der Waals surface area (Å²) in [5, 5.41) is 2.79. The lowest BCUT2D eigenvalue weighted by molar-refractivity contribution is 0.0950. The van der Waals surface area contributed by atoms with Crippen molar-refractivity contribution >= 4 is 21.8 Å². The normalized spacial score (nSPS) is 14.7. The number of nitrogens with one attached hydrogen (secondary N) is 2. The lowest BCUT2D eigenvalue weighted by atomic mass is 10.2. The molecule has 0 unspecified atom stereocenters. The number of hydrogen-bond donors (Lipinski definition) is 2. The van der Waals surface area contributed by atoms with Gasteiger partial charge in [0.2, 0.25) is 0 Å². The first-order valence-electron chi connectivity index (χ1n) is 5.81. The first-order valence-corrected chi connectivity index (χ1v) is 6.61. The molecule has 1 fully saturated rings. The molecule has 0 aromatic carbocycles. The van der Waals surface area contributed by atoms with Crippen LogP contribution in [0, 0.1) is 5.92 Å². The van der Waals surface area contributed by atoms with Crippen molar-refractivity contribution in [3.05, 3.63) is 32.2 Å². The molecule has 0 aliphatic heterocycles. The molecule has 1 amide bonds. The van der Waals surface area contributed by atoms with Gasteiger partial charge >= 0.3 is 0 Å². The minimum absolute atomic E-state index is 0.176. The van der Waals surface area contributed by atoms with E-state index < -0.39 is 0 Å². The summed E-state index contributed by atoms with van der Waals surface area (Å²) in [6, 6.07) is 1.60. The quantitative estimate of drug-likeness (QED) is 0.891. The molecule has 17 heavy (non-hydrogen) atoms. The molecular formula is C12H15BrN2O2. The Labute approximate surface area is 108 Å². The molecule has 2 N–H and O–H groups in total. The first-order chi connectivity index (χ1) is 8.11. The molecule has 92 valence electrons. The molecule has 4 nitrogen and oxygen atoms in total. The van der Waals surface area contributed by atoms with Crippen LogP contribution in [0.15, 0.2) is 15.3 Å². The number of hydrogen-bond acceptors (Lipinski definition) is 2. The van der Waals surface area contributed by atoms with E-state index >= 15 is 0 Å². The topological polar surface area (TPSA) is 62.0 Å². The second kappa shape index (κ2) is 5.04. The molecule has 2 rings (SSSR count). The highest BCUT2D eigenvalue weighted by atomic mass is 79.9. The Bertz CT molecular complexity index is 492. The molecule has 1 heterocycles. The Morgan fingerprint density at radius 2 is 2.29 bits per heavy atom. The van der Waals surface area contributed by atoms with Gasteiger partial charge in [-0.25, -0.2) is 0 Å². The third kappa shape index (κ3) is 2.97. The van der Waals surface area contributed by atoms with Gasteiger partial charge in [0.05, 0.1) is 0 Å². The summed E-state index contributed by atoms with van der Waals surface area (Å²) in [6.07, 6.45) is 3.07. The van der Waals surface area contributed by atoms with E-state index in [1.165, 1.54) is 12.8 Å². The van der Waals surface area contributed by atoms with Crippen LogP contribution in [-0.4, -0.2) is 17.4 Å². The van der Waals surface area contributed by atoms with Crippen molar-refractivity contribution in [1.82, 2.24) is 10.3 Å². The van der Waals surface area contributed by atoms with Crippen molar-refractivity contribution in [3.63, 3.8) is 0 Å². The van der Waals surface area contributed by atoms with Crippen LogP contribution >= 0.6 is 15.9 Å². The summed E-state index contributed by atoms with van der Waals surface area (Å²) in [4.78, 5) is 26.2. The van der Waals surface area contributed by atoms with Gasteiger partial charge in [-0.15, -0.1) is 0 Å². The van der Waals surface area contributed by atoms with Crippen molar-refractivity contribution in [2.24, 2.45) is 5.92 Å². The van der Waals surface area contributed by atoms with Gasteiger partial charge in [-0.05, 0) is 47.2 Å². The zero-order valence-corrected chi connectivity index (χ0v) is 11.3. The Kier molecular flexibility index (Phi) is 3.66. The fourth-order valence-corrected chi connectivity index (χ4v) is 2.23. The average molecular weight is 299 g/mol.